The van der Waals surface area contributed by atoms with Crippen LogP contribution in [-0.2, 0) is 24.9 Å². The number of fused-ring (bicyclic) bond motifs is 1. The Kier molecular flexibility index (Phi) is 7.30. The van der Waals surface area contributed by atoms with E-state index in [4.69, 9.17) is 10.5 Å². The molecule has 4 heterocycles. The number of anilines is 2. The van der Waals surface area contributed by atoms with E-state index in [9.17, 15) is 14.4 Å². The lowest BCUT2D eigenvalue weighted by molar-refractivity contribution is 0.0598. The average molecular weight is 496 g/mol. The SMILES string of the molecule is COC(=O)c1cccnc1Cn1c(=O)c2c(c(N)c(N3CCCNCC3)n2CC=C(C)C)n(C)c1=O. The molecule has 1 aliphatic heterocycles. The van der Waals surface area contributed by atoms with Crippen LogP contribution in [0.4, 0.5) is 11.5 Å². The van der Waals surface area contributed by atoms with Crippen molar-refractivity contribution in [3.05, 3.63) is 62.1 Å². The first-order chi connectivity index (χ1) is 17.3. The first-order valence-electron chi connectivity index (χ1n) is 12.0. The van der Waals surface area contributed by atoms with Crippen LogP contribution in [0.15, 0.2) is 39.6 Å². The van der Waals surface area contributed by atoms with E-state index < -0.39 is 17.2 Å². The van der Waals surface area contributed by atoms with E-state index in [-0.39, 0.29) is 17.8 Å². The van der Waals surface area contributed by atoms with Crippen LogP contribution in [0.1, 0.15) is 36.3 Å². The Morgan fingerprint density at radius 3 is 2.69 bits per heavy atom. The third-order valence-corrected chi connectivity index (χ3v) is 6.47. The van der Waals surface area contributed by atoms with Gasteiger partial charge in [0.25, 0.3) is 5.56 Å². The van der Waals surface area contributed by atoms with Gasteiger partial charge in [-0.2, -0.15) is 0 Å². The number of ether oxygens (including phenoxy) is 1. The lowest BCUT2D eigenvalue weighted by Crippen LogP contribution is -2.40. The number of carbonyl (C=O) groups is 1. The monoisotopic (exact) mass is 495 g/mol. The van der Waals surface area contributed by atoms with Gasteiger partial charge in [0, 0.05) is 39.4 Å². The van der Waals surface area contributed by atoms with Gasteiger partial charge in [-0.1, -0.05) is 11.6 Å². The highest BCUT2D eigenvalue weighted by Gasteiger charge is 2.27. The maximum absolute atomic E-state index is 13.9. The second-order valence-corrected chi connectivity index (χ2v) is 9.14. The van der Waals surface area contributed by atoms with E-state index in [1.54, 1.807) is 19.2 Å². The highest BCUT2D eigenvalue weighted by Crippen LogP contribution is 2.33. The summed E-state index contributed by atoms with van der Waals surface area (Å²) in [6.45, 7) is 7.45. The van der Waals surface area contributed by atoms with Crippen molar-refractivity contribution in [2.75, 3.05) is 43.9 Å². The van der Waals surface area contributed by atoms with Crippen molar-refractivity contribution in [1.29, 1.82) is 0 Å². The van der Waals surface area contributed by atoms with Crippen LogP contribution >= 0.6 is 0 Å². The third kappa shape index (κ3) is 4.53. The third-order valence-electron chi connectivity index (χ3n) is 6.47. The summed E-state index contributed by atoms with van der Waals surface area (Å²) in [5, 5.41) is 3.39. The largest absolute Gasteiger partial charge is 0.465 e. The van der Waals surface area contributed by atoms with Gasteiger partial charge in [0.2, 0.25) is 0 Å². The molecule has 0 aromatic carbocycles. The number of carbonyl (C=O) groups excluding carboxylic acids is 1. The second-order valence-electron chi connectivity index (χ2n) is 9.14. The van der Waals surface area contributed by atoms with E-state index in [1.165, 1.54) is 17.9 Å². The van der Waals surface area contributed by atoms with Gasteiger partial charge in [0.1, 0.15) is 16.9 Å². The number of nitrogens with two attached hydrogens (primary N) is 1. The maximum atomic E-state index is 13.9. The Morgan fingerprint density at radius 2 is 1.97 bits per heavy atom. The molecule has 0 amide bonds. The van der Waals surface area contributed by atoms with Gasteiger partial charge in [-0.25, -0.2) is 9.59 Å². The molecular weight excluding hydrogens is 462 g/mol. The zero-order valence-electron chi connectivity index (χ0n) is 21.2. The zero-order chi connectivity index (χ0) is 26.0. The number of aromatic nitrogens is 4. The van der Waals surface area contributed by atoms with Crippen molar-refractivity contribution in [3.8, 4) is 0 Å². The fourth-order valence-corrected chi connectivity index (χ4v) is 4.66. The van der Waals surface area contributed by atoms with Crippen molar-refractivity contribution in [1.82, 2.24) is 24.0 Å². The average Bonchev–Trinajstić information content (AvgIpc) is 3.00. The number of hydrogen-bond acceptors (Lipinski definition) is 8. The van der Waals surface area contributed by atoms with Crippen molar-refractivity contribution in [2.24, 2.45) is 7.05 Å². The number of rotatable bonds is 6. The highest BCUT2D eigenvalue weighted by molar-refractivity contribution is 5.96. The zero-order valence-corrected chi connectivity index (χ0v) is 21.2. The van der Waals surface area contributed by atoms with Gasteiger partial charge in [-0.15, -0.1) is 0 Å². The molecule has 0 spiro atoms. The molecular formula is C25H33N7O4. The van der Waals surface area contributed by atoms with Crippen LogP contribution in [-0.4, -0.2) is 57.9 Å². The van der Waals surface area contributed by atoms with Crippen molar-refractivity contribution >= 4 is 28.5 Å². The Hall–Kier alpha value is -3.86. The normalized spacial score (nSPS) is 14.1. The fourth-order valence-electron chi connectivity index (χ4n) is 4.66. The number of nitrogens with zero attached hydrogens (tertiary/aromatic N) is 5. The van der Waals surface area contributed by atoms with Crippen molar-refractivity contribution in [2.45, 2.75) is 33.4 Å². The number of pyridine rings is 1. The van der Waals surface area contributed by atoms with Crippen molar-refractivity contribution < 1.29 is 9.53 Å². The number of hydrogen-bond donors (Lipinski definition) is 2. The quantitative estimate of drug-likeness (QED) is 0.384. The Bertz CT molecular complexity index is 1440. The number of methoxy groups -OCH3 is 1. The van der Waals surface area contributed by atoms with E-state index in [2.05, 4.69) is 15.2 Å². The molecule has 0 saturated carbocycles. The Labute approximate surface area is 208 Å². The number of aryl methyl sites for hydroxylation is 1. The van der Waals surface area contributed by atoms with E-state index in [0.29, 0.717) is 23.3 Å². The number of nitrogen functional groups attached to an aromatic ring is 1. The van der Waals surface area contributed by atoms with Crippen LogP contribution in [0, 0.1) is 0 Å². The molecule has 3 aromatic rings. The lowest BCUT2D eigenvalue weighted by atomic mass is 10.2. The van der Waals surface area contributed by atoms with Crippen molar-refractivity contribution in [3.63, 3.8) is 0 Å². The van der Waals surface area contributed by atoms with Crippen LogP contribution in [0.3, 0.4) is 0 Å². The summed E-state index contributed by atoms with van der Waals surface area (Å²) in [5.41, 5.74) is 8.38. The first-order valence-corrected chi connectivity index (χ1v) is 12.0. The number of allylic oxidation sites excluding steroid dienone is 2. The summed E-state index contributed by atoms with van der Waals surface area (Å²) in [4.78, 5) is 46.0. The minimum atomic E-state index is -0.586. The van der Waals surface area contributed by atoms with Gasteiger partial charge in [0.05, 0.1) is 30.6 Å². The summed E-state index contributed by atoms with van der Waals surface area (Å²) in [6.07, 6.45) is 4.47. The first kappa shape index (κ1) is 25.2. The molecule has 3 N–H and O–H groups in total. The standard InChI is InChI=1S/C25H33N7O4/c1-16(2)8-13-31-21-20(19(26)22(31)30-12-6-9-27-11-14-30)29(3)25(35)32(23(21)33)15-18-17(24(34)36-4)7-5-10-28-18/h5,7-8,10,27H,6,9,11-15,26H2,1-4H3. The fraction of sp³-hybridized carbons (Fsp3) is 0.440. The number of nitrogens with one attached hydrogen (secondary N) is 1. The molecule has 1 saturated heterocycles. The summed E-state index contributed by atoms with van der Waals surface area (Å²) in [5.74, 6) is 0.154. The maximum Gasteiger partial charge on any atom is 0.339 e. The molecule has 0 bridgehead atoms. The van der Waals surface area contributed by atoms with Gasteiger partial charge < -0.3 is 25.3 Å². The molecule has 0 aliphatic carbocycles. The van der Waals surface area contributed by atoms with E-state index in [1.807, 2.05) is 24.5 Å². The predicted octanol–water partition coefficient (Wildman–Crippen LogP) is 1.08. The topological polar surface area (TPSA) is 129 Å². The van der Waals surface area contributed by atoms with Crippen LogP contribution in [0.5, 0.6) is 0 Å². The van der Waals surface area contributed by atoms with Gasteiger partial charge in [-0.05, 0) is 38.9 Å². The molecule has 3 aromatic heterocycles. The van der Waals surface area contributed by atoms with Crippen LogP contribution in [0.25, 0.3) is 11.0 Å². The summed E-state index contributed by atoms with van der Waals surface area (Å²) in [7, 11) is 2.88. The molecule has 0 radical (unpaired) electrons. The molecule has 11 heteroatoms. The van der Waals surface area contributed by atoms with E-state index in [0.717, 1.165) is 48.6 Å². The minimum Gasteiger partial charge on any atom is -0.465 e. The minimum absolute atomic E-state index is 0.177. The molecule has 1 fully saturated rings. The van der Waals surface area contributed by atoms with Gasteiger partial charge in [0.15, 0.2) is 0 Å². The van der Waals surface area contributed by atoms with Crippen LogP contribution < -0.4 is 27.2 Å². The summed E-state index contributed by atoms with van der Waals surface area (Å²) >= 11 is 0. The van der Waals surface area contributed by atoms with Gasteiger partial charge >= 0.3 is 11.7 Å². The highest BCUT2D eigenvalue weighted by atomic mass is 16.5. The van der Waals surface area contributed by atoms with Crippen LogP contribution in [0.2, 0.25) is 0 Å². The summed E-state index contributed by atoms with van der Waals surface area (Å²) in [6, 6.07) is 3.16. The lowest BCUT2D eigenvalue weighted by Gasteiger charge is -2.24. The van der Waals surface area contributed by atoms with Gasteiger partial charge in [-0.3, -0.25) is 18.9 Å². The molecule has 0 unspecified atom stereocenters. The number of esters is 1. The second kappa shape index (κ2) is 10.4. The van der Waals surface area contributed by atoms with E-state index >= 15 is 0 Å². The smallest absolute Gasteiger partial charge is 0.339 e. The summed E-state index contributed by atoms with van der Waals surface area (Å²) < 4.78 is 9.26. The molecule has 11 nitrogen and oxygen atoms in total. The molecule has 4 rings (SSSR count). The molecule has 0 atom stereocenters. The Morgan fingerprint density at radius 1 is 1.19 bits per heavy atom. The molecule has 36 heavy (non-hydrogen) atoms. The Balaban J connectivity index is 1.98. The molecule has 192 valence electrons. The molecule has 1 aliphatic rings. The predicted molar refractivity (Wildman–Crippen MR) is 140 cm³/mol.